The topological polar surface area (TPSA) is 78.3 Å². The molecule has 0 atom stereocenters. The van der Waals surface area contributed by atoms with Crippen molar-refractivity contribution in [2.24, 2.45) is 0 Å². The third-order valence-corrected chi connectivity index (χ3v) is 6.94. The molecule has 1 aromatic carbocycles. The number of rotatable bonds is 4. The van der Waals surface area contributed by atoms with Crippen LogP contribution in [-0.4, -0.2) is 22.6 Å². The third-order valence-electron chi connectivity index (χ3n) is 4.55. The van der Waals surface area contributed by atoms with E-state index >= 15 is 0 Å². The minimum Gasteiger partial charge on any atom is -0.467 e. The molecule has 4 heterocycles. The average molecular weight is 409 g/mol. The van der Waals surface area contributed by atoms with Gasteiger partial charge in [0, 0.05) is 17.1 Å². The summed E-state index contributed by atoms with van der Waals surface area (Å²) in [6.07, 6.45) is 3.38. The van der Waals surface area contributed by atoms with Crippen LogP contribution in [0, 0.1) is 0 Å². The van der Waals surface area contributed by atoms with E-state index in [0.717, 1.165) is 26.5 Å². The average Bonchev–Trinajstić information content (AvgIpc) is 3.44. The second-order valence-electron chi connectivity index (χ2n) is 6.33. The number of nitrogens with zero attached hydrogens (tertiary/aromatic N) is 1. The molecule has 1 aliphatic rings. The lowest BCUT2D eigenvalue weighted by atomic mass is 10.2. The smallest absolute Gasteiger partial charge is 0.265 e. The molecule has 0 saturated carbocycles. The van der Waals surface area contributed by atoms with Crippen LogP contribution in [0.15, 0.2) is 63.6 Å². The number of anilines is 2. The number of nitrogens with one attached hydrogen (secondary N) is 2. The van der Waals surface area contributed by atoms with E-state index in [9.17, 15) is 9.59 Å². The largest absolute Gasteiger partial charge is 0.467 e. The number of hydrogen-bond acceptors (Lipinski definition) is 5. The molecule has 4 aromatic rings. The molecule has 5 rings (SSSR count). The molecule has 8 heteroatoms. The number of amides is 2. The van der Waals surface area contributed by atoms with E-state index in [2.05, 4.69) is 10.3 Å². The lowest BCUT2D eigenvalue weighted by Crippen LogP contribution is -2.34. The van der Waals surface area contributed by atoms with E-state index in [1.165, 1.54) is 23.1 Å². The number of thiophene rings is 1. The van der Waals surface area contributed by atoms with Gasteiger partial charge in [0.15, 0.2) is 0 Å². The van der Waals surface area contributed by atoms with Crippen molar-refractivity contribution in [3.63, 3.8) is 0 Å². The van der Waals surface area contributed by atoms with Gasteiger partial charge in [0.2, 0.25) is 5.91 Å². The van der Waals surface area contributed by atoms with Gasteiger partial charge in [-0.25, -0.2) is 0 Å². The molecule has 28 heavy (non-hydrogen) atoms. The van der Waals surface area contributed by atoms with Crippen molar-refractivity contribution in [3.8, 4) is 0 Å². The Balaban J connectivity index is 1.42. The van der Waals surface area contributed by atoms with E-state index in [1.807, 2.05) is 30.3 Å². The van der Waals surface area contributed by atoms with E-state index in [0.29, 0.717) is 22.9 Å². The van der Waals surface area contributed by atoms with Crippen LogP contribution in [0.2, 0.25) is 0 Å². The van der Waals surface area contributed by atoms with Gasteiger partial charge in [-0.1, -0.05) is 18.2 Å². The number of para-hydroxylation sites is 1. The van der Waals surface area contributed by atoms with Crippen LogP contribution in [0.4, 0.5) is 11.4 Å². The number of hydrogen-bond donors (Lipinski definition) is 2. The maximum Gasteiger partial charge on any atom is 0.265 e. The summed E-state index contributed by atoms with van der Waals surface area (Å²) in [5.41, 5.74) is 2.48. The highest BCUT2D eigenvalue weighted by Crippen LogP contribution is 2.43. The molecule has 0 spiro atoms. The van der Waals surface area contributed by atoms with Gasteiger partial charge in [0.1, 0.15) is 5.76 Å². The number of thioether (sulfide) groups is 1. The first kappa shape index (κ1) is 17.2. The van der Waals surface area contributed by atoms with Crippen LogP contribution in [0.25, 0.3) is 10.9 Å². The van der Waals surface area contributed by atoms with Crippen LogP contribution >= 0.6 is 23.1 Å². The fourth-order valence-electron chi connectivity index (χ4n) is 3.20. The fraction of sp³-hybridized carbons (Fsp3) is 0.100. The Morgan fingerprint density at radius 3 is 3.00 bits per heavy atom. The number of H-pyrrole nitrogens is 1. The van der Waals surface area contributed by atoms with Crippen molar-refractivity contribution in [3.05, 3.63) is 65.6 Å². The highest BCUT2D eigenvalue weighted by atomic mass is 32.2. The Morgan fingerprint density at radius 1 is 1.25 bits per heavy atom. The van der Waals surface area contributed by atoms with E-state index in [4.69, 9.17) is 4.42 Å². The molecule has 6 nitrogen and oxygen atoms in total. The van der Waals surface area contributed by atoms with Crippen molar-refractivity contribution < 1.29 is 14.0 Å². The normalized spacial score (nSPS) is 13.7. The van der Waals surface area contributed by atoms with Crippen molar-refractivity contribution in [2.45, 2.75) is 10.8 Å². The Bertz CT molecular complexity index is 1180. The predicted octanol–water partition coefficient (Wildman–Crippen LogP) is 4.71. The SMILES string of the molecule is O=C(Nc1c[nH]c2ccccc12)c1cc2c(s1)SCC(=O)N2Cc1ccco1. The van der Waals surface area contributed by atoms with Gasteiger partial charge in [-0.3, -0.25) is 9.59 Å². The van der Waals surface area contributed by atoms with Gasteiger partial charge in [-0.15, -0.1) is 23.1 Å². The number of furan rings is 1. The maximum atomic E-state index is 12.8. The number of aromatic amines is 1. The summed E-state index contributed by atoms with van der Waals surface area (Å²) in [5.74, 6) is 0.894. The zero-order chi connectivity index (χ0) is 19.1. The molecule has 0 bridgehead atoms. The van der Waals surface area contributed by atoms with Crippen LogP contribution in [0.1, 0.15) is 15.4 Å². The Labute approximate surface area is 168 Å². The van der Waals surface area contributed by atoms with Crippen molar-refractivity contribution in [1.82, 2.24) is 4.98 Å². The molecule has 0 radical (unpaired) electrons. The number of carbonyl (C=O) groups excluding carboxylic acids is 2. The zero-order valence-corrected chi connectivity index (χ0v) is 16.2. The van der Waals surface area contributed by atoms with Crippen molar-refractivity contribution in [1.29, 1.82) is 0 Å². The van der Waals surface area contributed by atoms with Gasteiger partial charge in [0.25, 0.3) is 5.91 Å². The summed E-state index contributed by atoms with van der Waals surface area (Å²) in [6, 6.07) is 13.2. The Kier molecular flexibility index (Phi) is 4.22. The first-order valence-electron chi connectivity index (χ1n) is 8.66. The highest BCUT2D eigenvalue weighted by Gasteiger charge is 2.29. The molecule has 0 unspecified atom stereocenters. The number of benzene rings is 1. The number of fused-ring (bicyclic) bond motifs is 2. The summed E-state index contributed by atoms with van der Waals surface area (Å²) < 4.78 is 6.35. The van der Waals surface area contributed by atoms with Gasteiger partial charge in [-0.05, 0) is 24.3 Å². The van der Waals surface area contributed by atoms with Crippen LogP contribution in [0.5, 0.6) is 0 Å². The van der Waals surface area contributed by atoms with Crippen LogP contribution in [0.3, 0.4) is 0 Å². The number of aromatic nitrogens is 1. The third kappa shape index (κ3) is 3.00. The van der Waals surface area contributed by atoms with Gasteiger partial charge >= 0.3 is 0 Å². The highest BCUT2D eigenvalue weighted by molar-refractivity contribution is 8.02. The zero-order valence-electron chi connectivity index (χ0n) is 14.6. The second-order valence-corrected chi connectivity index (χ2v) is 8.63. The van der Waals surface area contributed by atoms with Gasteiger partial charge in [-0.2, -0.15) is 0 Å². The van der Waals surface area contributed by atoms with E-state index in [1.54, 1.807) is 29.5 Å². The lowest BCUT2D eigenvalue weighted by molar-refractivity contribution is -0.116. The lowest BCUT2D eigenvalue weighted by Gasteiger charge is -2.25. The van der Waals surface area contributed by atoms with Crippen molar-refractivity contribution in [2.75, 3.05) is 16.0 Å². The molecule has 0 aliphatic carbocycles. The minimum atomic E-state index is -0.185. The van der Waals surface area contributed by atoms with Gasteiger partial charge < -0.3 is 19.6 Å². The fourth-order valence-corrected chi connectivity index (χ4v) is 5.40. The molecular formula is C20H15N3O3S2. The summed E-state index contributed by atoms with van der Waals surface area (Å²) >= 11 is 2.88. The summed E-state index contributed by atoms with van der Waals surface area (Å²) in [4.78, 5) is 30.7. The molecule has 3 aromatic heterocycles. The van der Waals surface area contributed by atoms with Crippen LogP contribution in [-0.2, 0) is 11.3 Å². The number of carbonyl (C=O) groups is 2. The van der Waals surface area contributed by atoms with Crippen LogP contribution < -0.4 is 10.2 Å². The minimum absolute atomic E-state index is 0.00952. The monoisotopic (exact) mass is 409 g/mol. The molecule has 0 fully saturated rings. The van der Waals surface area contributed by atoms with E-state index in [-0.39, 0.29) is 11.8 Å². The molecule has 2 amide bonds. The first-order chi connectivity index (χ1) is 13.7. The summed E-state index contributed by atoms with van der Waals surface area (Å²) in [6.45, 7) is 0.361. The first-order valence-corrected chi connectivity index (χ1v) is 10.5. The second kappa shape index (κ2) is 6.88. The standard InChI is InChI=1S/C20H15N3O3S2/c24-18-11-27-20-16(23(18)10-12-4-3-7-26-12)8-17(28-20)19(25)22-15-9-21-14-6-2-1-5-13(14)15/h1-9,21H,10-11H2,(H,22,25). The maximum absolute atomic E-state index is 12.8. The molecule has 1 aliphatic heterocycles. The molecule has 0 saturated heterocycles. The predicted molar refractivity (Wildman–Crippen MR) is 111 cm³/mol. The van der Waals surface area contributed by atoms with Crippen molar-refractivity contribution >= 4 is 57.2 Å². The quantitative estimate of drug-likeness (QED) is 0.511. The molecule has 140 valence electrons. The van der Waals surface area contributed by atoms with E-state index < -0.39 is 0 Å². The molecule has 2 N–H and O–H groups in total. The Hall–Kier alpha value is -2.97. The molecular weight excluding hydrogens is 394 g/mol. The summed E-state index contributed by atoms with van der Waals surface area (Å²) in [7, 11) is 0. The van der Waals surface area contributed by atoms with Gasteiger partial charge in [0.05, 0.1) is 39.0 Å². The Morgan fingerprint density at radius 2 is 2.14 bits per heavy atom. The summed E-state index contributed by atoms with van der Waals surface area (Å²) in [5, 5.41) is 3.93.